The van der Waals surface area contributed by atoms with Crippen molar-refractivity contribution in [3.05, 3.63) is 23.9 Å². The van der Waals surface area contributed by atoms with Crippen LogP contribution in [-0.2, 0) is 15.1 Å². The monoisotopic (exact) mass is 216 g/mol. The topological polar surface area (TPSA) is 109 Å². The van der Waals surface area contributed by atoms with Gasteiger partial charge in [0, 0.05) is 5.70 Å². The molecule has 76 valence electrons. The van der Waals surface area contributed by atoms with Crippen molar-refractivity contribution in [2.45, 2.75) is 0 Å². The Labute approximate surface area is 81.2 Å². The van der Waals surface area contributed by atoms with E-state index in [2.05, 4.69) is 5.43 Å². The minimum atomic E-state index is -2.56. The fraction of sp³-hybridized carbons (Fsp3) is 0.143. The highest BCUT2D eigenvalue weighted by molar-refractivity contribution is 7.73. The van der Waals surface area contributed by atoms with E-state index in [1.54, 1.807) is 0 Å². The van der Waals surface area contributed by atoms with Crippen molar-refractivity contribution < 1.29 is 18.3 Å². The zero-order valence-electron chi connectivity index (χ0n) is 6.97. The lowest BCUT2D eigenvalue weighted by molar-refractivity contribution is -0.137. The van der Waals surface area contributed by atoms with Crippen LogP contribution in [0.15, 0.2) is 23.9 Å². The number of nitrogens with one attached hydrogen (secondary N) is 1. The predicted octanol–water partition coefficient (Wildman–Crippen LogP) is -1.34. The number of hydrogen-bond donors (Lipinski definition) is 3. The molecule has 0 spiro atoms. The highest BCUT2D eigenvalue weighted by Crippen LogP contribution is 2.11. The van der Waals surface area contributed by atoms with E-state index in [9.17, 15) is 13.2 Å². The van der Waals surface area contributed by atoms with Crippen LogP contribution in [0.4, 0.5) is 0 Å². The Morgan fingerprint density at radius 3 is 2.64 bits per heavy atom. The first-order valence-corrected chi connectivity index (χ1v) is 4.69. The van der Waals surface area contributed by atoms with Crippen molar-refractivity contribution in [1.29, 1.82) is 0 Å². The van der Waals surface area contributed by atoms with Crippen molar-refractivity contribution >= 4 is 21.1 Å². The third kappa shape index (κ3) is 2.01. The third-order valence-corrected chi connectivity index (χ3v) is 2.45. The quantitative estimate of drug-likeness (QED) is 0.299. The lowest BCUT2D eigenvalue weighted by atomic mass is 10.00. The molecule has 0 radical (unpaired) electrons. The smallest absolute Gasteiger partial charge is 0.315 e. The van der Waals surface area contributed by atoms with E-state index in [0.717, 1.165) is 0 Å². The fourth-order valence-electron chi connectivity index (χ4n) is 1.03. The number of hydrogen-bond acceptors (Lipinski definition) is 5. The van der Waals surface area contributed by atoms with E-state index in [4.69, 9.17) is 10.9 Å². The molecule has 1 aliphatic rings. The summed E-state index contributed by atoms with van der Waals surface area (Å²) in [6.07, 6.45) is 3.85. The molecule has 0 heterocycles. The summed E-state index contributed by atoms with van der Waals surface area (Å²) in [5, 5.41) is 8.69. The summed E-state index contributed by atoms with van der Waals surface area (Å²) in [4.78, 5) is 10.4. The second-order valence-electron chi connectivity index (χ2n) is 2.56. The minimum absolute atomic E-state index is 0.215. The van der Waals surface area contributed by atoms with E-state index in [0.29, 0.717) is 5.70 Å². The van der Waals surface area contributed by atoms with Gasteiger partial charge < -0.3 is 10.5 Å². The number of nitrogens with two attached hydrogens (primary N) is 1. The average molecular weight is 216 g/mol. The molecule has 0 saturated heterocycles. The number of carboxylic acids is 1. The normalized spacial score (nSPS) is 20.2. The van der Waals surface area contributed by atoms with Gasteiger partial charge in [-0.2, -0.15) is 8.42 Å². The molecule has 0 fully saturated rings. The fourth-order valence-corrected chi connectivity index (χ4v) is 1.64. The lowest BCUT2D eigenvalue weighted by Gasteiger charge is -2.11. The Balaban J connectivity index is 3.22. The van der Waals surface area contributed by atoms with Crippen LogP contribution < -0.4 is 11.3 Å². The Hall–Kier alpha value is -1.60. The van der Waals surface area contributed by atoms with Gasteiger partial charge in [-0.1, -0.05) is 6.08 Å². The maximum Gasteiger partial charge on any atom is 0.315 e. The molecule has 1 unspecified atom stereocenters. The molecule has 1 atom stereocenters. The molecule has 0 bridgehead atoms. The van der Waals surface area contributed by atoms with Crippen LogP contribution in [0.5, 0.6) is 0 Å². The maximum absolute atomic E-state index is 10.7. The Bertz CT molecular complexity index is 438. The molecule has 0 amide bonds. The van der Waals surface area contributed by atoms with Crippen molar-refractivity contribution in [3.8, 4) is 0 Å². The van der Waals surface area contributed by atoms with Gasteiger partial charge in [0.05, 0.1) is 4.86 Å². The summed E-state index contributed by atoms with van der Waals surface area (Å²) in [6.45, 7) is 0. The number of hydrazine groups is 1. The van der Waals surface area contributed by atoms with Crippen LogP contribution in [0.25, 0.3) is 0 Å². The van der Waals surface area contributed by atoms with Crippen molar-refractivity contribution in [2.75, 3.05) is 0 Å². The molecule has 4 N–H and O–H groups in total. The van der Waals surface area contributed by atoms with Crippen molar-refractivity contribution in [3.63, 3.8) is 0 Å². The van der Waals surface area contributed by atoms with Gasteiger partial charge >= 0.3 is 5.97 Å². The Kier molecular flexibility index (Phi) is 3.05. The maximum atomic E-state index is 10.7. The highest BCUT2D eigenvalue weighted by atomic mass is 32.2. The second kappa shape index (κ2) is 4.07. The molecule has 1 rings (SSSR count). The first-order valence-electron chi connectivity index (χ1n) is 3.61. The number of rotatable bonds is 2. The van der Waals surface area contributed by atoms with Crippen LogP contribution in [-0.4, -0.2) is 24.4 Å². The summed E-state index contributed by atoms with van der Waals surface area (Å²) < 4.78 is 21.4. The van der Waals surface area contributed by atoms with Crippen LogP contribution in [0.3, 0.4) is 0 Å². The summed E-state index contributed by atoms with van der Waals surface area (Å²) in [7, 11) is -2.56. The third-order valence-electron chi connectivity index (χ3n) is 1.70. The van der Waals surface area contributed by atoms with Gasteiger partial charge in [0.15, 0.2) is 0 Å². The number of aliphatic carboxylic acids is 1. The number of allylic oxidation sites excluding steroid dienone is 2. The van der Waals surface area contributed by atoms with Gasteiger partial charge in [0.25, 0.3) is 0 Å². The van der Waals surface area contributed by atoms with Gasteiger partial charge in [0.1, 0.15) is 5.92 Å². The van der Waals surface area contributed by atoms with Crippen molar-refractivity contribution in [2.24, 2.45) is 11.8 Å². The first-order chi connectivity index (χ1) is 6.56. The number of carbonyl (C=O) groups is 1. The SMILES string of the molecule is NNC1=CC(=S(=O)=O)C(C(=O)O)C=C1. The van der Waals surface area contributed by atoms with E-state index < -0.39 is 22.2 Å². The van der Waals surface area contributed by atoms with Crippen LogP contribution in [0, 0.1) is 5.92 Å². The van der Waals surface area contributed by atoms with Crippen LogP contribution in [0.2, 0.25) is 0 Å². The zero-order chi connectivity index (χ0) is 10.7. The van der Waals surface area contributed by atoms with Gasteiger partial charge in [-0.15, -0.1) is 0 Å². The molecule has 0 aliphatic heterocycles. The second-order valence-corrected chi connectivity index (χ2v) is 3.50. The highest BCUT2D eigenvalue weighted by Gasteiger charge is 2.23. The molecule has 14 heavy (non-hydrogen) atoms. The summed E-state index contributed by atoms with van der Waals surface area (Å²) in [6, 6.07) is 0. The average Bonchev–Trinajstić information content (AvgIpc) is 2.16. The van der Waals surface area contributed by atoms with Crippen molar-refractivity contribution in [1.82, 2.24) is 5.43 Å². The van der Waals surface area contributed by atoms with Gasteiger partial charge in [-0.25, -0.2) is 0 Å². The van der Waals surface area contributed by atoms with Gasteiger partial charge in [-0.05, 0) is 12.2 Å². The molecule has 7 heteroatoms. The van der Waals surface area contributed by atoms with Gasteiger partial charge in [-0.3, -0.25) is 10.6 Å². The molecular formula is C7H8N2O4S. The van der Waals surface area contributed by atoms with E-state index in [-0.39, 0.29) is 4.86 Å². The molecular weight excluding hydrogens is 208 g/mol. The largest absolute Gasteiger partial charge is 0.481 e. The molecule has 6 nitrogen and oxygen atoms in total. The molecule has 0 aromatic heterocycles. The first kappa shape index (κ1) is 10.5. The summed E-state index contributed by atoms with van der Waals surface area (Å²) in [5.41, 5.74) is 2.58. The summed E-state index contributed by atoms with van der Waals surface area (Å²) >= 11 is 0. The standard InChI is InChI=1S/C7H8N2O4S/c8-9-4-1-2-5(7(10)11)6(3-4)14(12)13/h1-3,5,9H,8H2,(H,10,11). The lowest BCUT2D eigenvalue weighted by Crippen LogP contribution is -2.28. The number of carboxylic acid groups (broad SMARTS) is 1. The molecule has 0 aromatic carbocycles. The predicted molar refractivity (Wildman–Crippen MR) is 49.6 cm³/mol. The molecule has 0 aromatic rings. The zero-order valence-corrected chi connectivity index (χ0v) is 7.78. The van der Waals surface area contributed by atoms with Crippen LogP contribution in [0.1, 0.15) is 0 Å². The Morgan fingerprint density at radius 2 is 2.21 bits per heavy atom. The summed E-state index contributed by atoms with van der Waals surface area (Å²) in [5.74, 6) is 2.71. The van der Waals surface area contributed by atoms with E-state index in [1.165, 1.54) is 18.2 Å². The molecule has 0 saturated carbocycles. The van der Waals surface area contributed by atoms with Crippen LogP contribution >= 0.6 is 0 Å². The van der Waals surface area contributed by atoms with E-state index >= 15 is 0 Å². The minimum Gasteiger partial charge on any atom is -0.481 e. The Morgan fingerprint density at radius 1 is 1.57 bits per heavy atom. The van der Waals surface area contributed by atoms with E-state index in [1.807, 2.05) is 0 Å². The van der Waals surface area contributed by atoms with Gasteiger partial charge in [0.2, 0.25) is 10.3 Å². The molecule has 1 aliphatic carbocycles.